The van der Waals surface area contributed by atoms with Crippen molar-refractivity contribution in [2.24, 2.45) is 0 Å². The Kier molecular flexibility index (Phi) is 6.13. The summed E-state index contributed by atoms with van der Waals surface area (Å²) in [6, 6.07) is 12.3. The molecule has 0 aliphatic carbocycles. The van der Waals surface area contributed by atoms with Crippen LogP contribution in [0.2, 0.25) is 0 Å². The molecule has 0 bridgehead atoms. The first-order chi connectivity index (χ1) is 8.24. The minimum absolute atomic E-state index is 0.316. The van der Waals surface area contributed by atoms with Crippen molar-refractivity contribution in [2.45, 2.75) is 25.8 Å². The van der Waals surface area contributed by atoms with Crippen molar-refractivity contribution in [1.29, 1.82) is 5.26 Å². The first-order valence-corrected chi connectivity index (χ1v) is 5.99. The fourth-order valence-corrected chi connectivity index (χ4v) is 1.53. The topological polar surface area (TPSA) is 36.3 Å². The van der Waals surface area contributed by atoms with Crippen LogP contribution in [0.4, 0.5) is 0 Å². The highest BCUT2D eigenvalue weighted by Crippen LogP contribution is 2.08. The molecule has 1 aromatic rings. The van der Waals surface area contributed by atoms with E-state index in [4.69, 9.17) is 10.00 Å². The van der Waals surface area contributed by atoms with Crippen LogP contribution in [0.15, 0.2) is 30.3 Å². The molecule has 3 heteroatoms. The van der Waals surface area contributed by atoms with Crippen molar-refractivity contribution < 1.29 is 4.74 Å². The highest BCUT2D eigenvalue weighted by molar-refractivity contribution is 5.20. The standard InChI is InChI=1S/C14H20N2O/c1-13(9-10-15)16(2)11-6-12-17-14-7-4-3-5-8-14/h3-5,7-8,13H,6,9,11-12H2,1-2H3. The van der Waals surface area contributed by atoms with Crippen LogP contribution in [-0.2, 0) is 0 Å². The van der Waals surface area contributed by atoms with Crippen molar-refractivity contribution in [3.63, 3.8) is 0 Å². The number of rotatable bonds is 7. The van der Waals surface area contributed by atoms with Crippen LogP contribution in [0.3, 0.4) is 0 Å². The van der Waals surface area contributed by atoms with Gasteiger partial charge in [-0.15, -0.1) is 0 Å². The molecule has 0 aliphatic rings. The molecular weight excluding hydrogens is 212 g/mol. The molecule has 0 fully saturated rings. The summed E-state index contributed by atoms with van der Waals surface area (Å²) in [6.07, 6.45) is 1.55. The van der Waals surface area contributed by atoms with Gasteiger partial charge >= 0.3 is 0 Å². The molecule has 0 spiro atoms. The lowest BCUT2D eigenvalue weighted by atomic mass is 10.2. The summed E-state index contributed by atoms with van der Waals surface area (Å²) in [5.41, 5.74) is 0. The van der Waals surface area contributed by atoms with Gasteiger partial charge in [0, 0.05) is 12.6 Å². The van der Waals surface area contributed by atoms with Crippen molar-refractivity contribution in [3.05, 3.63) is 30.3 Å². The van der Waals surface area contributed by atoms with E-state index in [1.54, 1.807) is 0 Å². The number of hydrogen-bond acceptors (Lipinski definition) is 3. The summed E-state index contributed by atoms with van der Waals surface area (Å²) in [7, 11) is 2.05. The lowest BCUT2D eigenvalue weighted by Gasteiger charge is -2.22. The fourth-order valence-electron chi connectivity index (χ4n) is 1.53. The molecule has 0 aromatic heterocycles. The maximum absolute atomic E-state index is 8.60. The van der Waals surface area contributed by atoms with Gasteiger partial charge in [0.25, 0.3) is 0 Å². The van der Waals surface area contributed by atoms with Gasteiger partial charge in [-0.3, -0.25) is 0 Å². The van der Waals surface area contributed by atoms with E-state index in [9.17, 15) is 0 Å². The van der Waals surface area contributed by atoms with Crippen molar-refractivity contribution in [2.75, 3.05) is 20.2 Å². The van der Waals surface area contributed by atoms with Crippen LogP contribution in [0.1, 0.15) is 19.8 Å². The number of para-hydroxylation sites is 1. The number of nitriles is 1. The lowest BCUT2D eigenvalue weighted by molar-refractivity contribution is 0.226. The Bertz CT molecular complexity index is 345. The van der Waals surface area contributed by atoms with Gasteiger partial charge in [-0.05, 0) is 32.5 Å². The Labute approximate surface area is 104 Å². The second-order valence-electron chi connectivity index (χ2n) is 4.21. The Morgan fingerprint density at radius 1 is 1.35 bits per heavy atom. The number of nitrogens with zero attached hydrogens (tertiary/aromatic N) is 2. The van der Waals surface area contributed by atoms with Crippen LogP contribution < -0.4 is 4.74 Å². The molecule has 0 saturated heterocycles. The molecule has 0 aliphatic heterocycles. The maximum atomic E-state index is 8.60. The predicted molar refractivity (Wildman–Crippen MR) is 68.9 cm³/mol. The molecule has 17 heavy (non-hydrogen) atoms. The molecule has 1 aromatic carbocycles. The molecule has 0 saturated carbocycles. The van der Waals surface area contributed by atoms with Gasteiger partial charge < -0.3 is 9.64 Å². The first kappa shape index (κ1) is 13.5. The van der Waals surface area contributed by atoms with E-state index >= 15 is 0 Å². The zero-order valence-corrected chi connectivity index (χ0v) is 10.6. The van der Waals surface area contributed by atoms with Gasteiger partial charge in [-0.2, -0.15) is 5.26 Å². The minimum Gasteiger partial charge on any atom is -0.494 e. The summed E-state index contributed by atoms with van der Waals surface area (Å²) < 4.78 is 5.60. The molecule has 0 amide bonds. The zero-order chi connectivity index (χ0) is 12.5. The van der Waals surface area contributed by atoms with Gasteiger partial charge in [0.05, 0.1) is 19.1 Å². The van der Waals surface area contributed by atoms with Crippen molar-refractivity contribution in [3.8, 4) is 11.8 Å². The summed E-state index contributed by atoms with van der Waals surface area (Å²) in [5.74, 6) is 0.917. The van der Waals surface area contributed by atoms with Crippen LogP contribution in [0, 0.1) is 11.3 Å². The number of benzene rings is 1. The Morgan fingerprint density at radius 2 is 2.06 bits per heavy atom. The van der Waals surface area contributed by atoms with E-state index in [-0.39, 0.29) is 0 Å². The monoisotopic (exact) mass is 232 g/mol. The summed E-state index contributed by atoms with van der Waals surface area (Å²) >= 11 is 0. The molecule has 1 rings (SSSR count). The lowest BCUT2D eigenvalue weighted by Crippen LogP contribution is -2.30. The van der Waals surface area contributed by atoms with Gasteiger partial charge in [-0.1, -0.05) is 18.2 Å². The second kappa shape index (κ2) is 7.70. The van der Waals surface area contributed by atoms with Gasteiger partial charge in [-0.25, -0.2) is 0 Å². The molecule has 1 unspecified atom stereocenters. The molecule has 0 N–H and O–H groups in total. The average Bonchev–Trinajstić information content (AvgIpc) is 2.36. The first-order valence-electron chi connectivity index (χ1n) is 5.99. The van der Waals surface area contributed by atoms with E-state index in [2.05, 4.69) is 17.9 Å². The van der Waals surface area contributed by atoms with E-state index < -0.39 is 0 Å². The Morgan fingerprint density at radius 3 is 2.71 bits per heavy atom. The van der Waals surface area contributed by atoms with Gasteiger partial charge in [0.1, 0.15) is 5.75 Å². The number of ether oxygens (including phenoxy) is 1. The maximum Gasteiger partial charge on any atom is 0.119 e. The van der Waals surface area contributed by atoms with E-state index in [1.165, 1.54) is 0 Å². The molecule has 3 nitrogen and oxygen atoms in total. The predicted octanol–water partition coefficient (Wildman–Crippen LogP) is 2.69. The van der Waals surface area contributed by atoms with Crippen molar-refractivity contribution >= 4 is 0 Å². The molecule has 0 heterocycles. The highest BCUT2D eigenvalue weighted by atomic mass is 16.5. The largest absolute Gasteiger partial charge is 0.494 e. The third-order valence-electron chi connectivity index (χ3n) is 2.81. The van der Waals surface area contributed by atoms with Crippen LogP contribution in [0.25, 0.3) is 0 Å². The van der Waals surface area contributed by atoms with Crippen LogP contribution in [-0.4, -0.2) is 31.1 Å². The SMILES string of the molecule is CC(CC#N)N(C)CCCOc1ccccc1. The third-order valence-corrected chi connectivity index (χ3v) is 2.81. The average molecular weight is 232 g/mol. The molecular formula is C14H20N2O. The Balaban J connectivity index is 2.14. The van der Waals surface area contributed by atoms with Gasteiger partial charge in [0.2, 0.25) is 0 Å². The minimum atomic E-state index is 0.316. The van der Waals surface area contributed by atoms with Crippen LogP contribution >= 0.6 is 0 Å². The van der Waals surface area contributed by atoms with Crippen molar-refractivity contribution in [1.82, 2.24) is 4.90 Å². The fraction of sp³-hybridized carbons (Fsp3) is 0.500. The summed E-state index contributed by atoms with van der Waals surface area (Å²) in [4.78, 5) is 2.19. The second-order valence-corrected chi connectivity index (χ2v) is 4.21. The molecule has 92 valence electrons. The van der Waals surface area contributed by atoms with Crippen LogP contribution in [0.5, 0.6) is 5.75 Å². The zero-order valence-electron chi connectivity index (χ0n) is 10.6. The van der Waals surface area contributed by atoms with E-state index in [0.29, 0.717) is 19.1 Å². The van der Waals surface area contributed by atoms with E-state index in [0.717, 1.165) is 18.7 Å². The smallest absolute Gasteiger partial charge is 0.119 e. The Hall–Kier alpha value is -1.53. The summed E-state index contributed by atoms with van der Waals surface area (Å²) in [5, 5.41) is 8.60. The highest BCUT2D eigenvalue weighted by Gasteiger charge is 2.07. The molecule has 0 radical (unpaired) electrons. The third kappa shape index (κ3) is 5.37. The summed E-state index contributed by atoms with van der Waals surface area (Å²) in [6.45, 7) is 3.74. The normalized spacial score (nSPS) is 12.1. The van der Waals surface area contributed by atoms with Gasteiger partial charge in [0.15, 0.2) is 0 Å². The molecule has 1 atom stereocenters. The number of hydrogen-bond donors (Lipinski definition) is 0. The quantitative estimate of drug-likeness (QED) is 0.678. The van der Waals surface area contributed by atoms with E-state index in [1.807, 2.05) is 37.4 Å².